The first kappa shape index (κ1) is 14.7. The molecule has 0 fully saturated rings. The fraction of sp³-hybridized carbons (Fsp3) is 0.133. The molecule has 0 spiro atoms. The summed E-state index contributed by atoms with van der Waals surface area (Å²) in [6.07, 6.45) is 1.66. The van der Waals surface area contributed by atoms with E-state index < -0.39 is 0 Å². The van der Waals surface area contributed by atoms with Crippen molar-refractivity contribution in [1.29, 1.82) is 0 Å². The summed E-state index contributed by atoms with van der Waals surface area (Å²) in [6, 6.07) is 5.76. The fourth-order valence-electron chi connectivity index (χ4n) is 2.13. The molecule has 116 valence electrons. The molecule has 0 bridgehead atoms. The second kappa shape index (κ2) is 5.95. The van der Waals surface area contributed by atoms with Gasteiger partial charge in [-0.2, -0.15) is 0 Å². The van der Waals surface area contributed by atoms with Gasteiger partial charge in [-0.05, 0) is 22.9 Å². The number of fused-ring (bicyclic) bond motifs is 1. The Morgan fingerprint density at radius 1 is 1.26 bits per heavy atom. The van der Waals surface area contributed by atoms with Crippen molar-refractivity contribution in [3.8, 4) is 10.8 Å². The molecule has 0 aromatic carbocycles. The van der Waals surface area contributed by atoms with Crippen molar-refractivity contribution in [1.82, 2.24) is 14.5 Å². The Morgan fingerprint density at radius 3 is 3.00 bits per heavy atom. The minimum Gasteiger partial charge on any atom is -0.444 e. The van der Waals surface area contributed by atoms with Crippen molar-refractivity contribution < 1.29 is 4.42 Å². The van der Waals surface area contributed by atoms with Gasteiger partial charge in [-0.1, -0.05) is 17.8 Å². The van der Waals surface area contributed by atoms with Crippen LogP contribution in [-0.2, 0) is 12.8 Å². The van der Waals surface area contributed by atoms with Gasteiger partial charge in [-0.15, -0.1) is 22.7 Å². The van der Waals surface area contributed by atoms with E-state index in [1.165, 1.54) is 23.1 Å². The van der Waals surface area contributed by atoms with Crippen LogP contribution in [0, 0.1) is 0 Å². The molecule has 0 atom stereocenters. The molecule has 0 aliphatic carbocycles. The van der Waals surface area contributed by atoms with Gasteiger partial charge >= 0.3 is 0 Å². The van der Waals surface area contributed by atoms with E-state index in [-0.39, 0.29) is 5.56 Å². The van der Waals surface area contributed by atoms with Gasteiger partial charge in [0, 0.05) is 12.8 Å². The van der Waals surface area contributed by atoms with Crippen LogP contribution in [0.5, 0.6) is 0 Å². The molecule has 4 aromatic heterocycles. The van der Waals surface area contributed by atoms with Crippen LogP contribution in [0.4, 0.5) is 0 Å². The maximum atomic E-state index is 12.3. The lowest BCUT2D eigenvalue weighted by Crippen LogP contribution is -2.19. The molecule has 8 heteroatoms. The summed E-state index contributed by atoms with van der Waals surface area (Å²) in [5, 5.41) is 5.23. The lowest BCUT2D eigenvalue weighted by atomic mass is 10.4. The molecule has 0 amide bonds. The first-order chi connectivity index (χ1) is 11.2. The Balaban J connectivity index is 1.57. The number of hydrogen-bond acceptors (Lipinski definition) is 7. The van der Waals surface area contributed by atoms with Gasteiger partial charge in [0.2, 0.25) is 5.89 Å². The van der Waals surface area contributed by atoms with Crippen molar-refractivity contribution in [2.75, 3.05) is 0 Å². The Kier molecular flexibility index (Phi) is 3.80. The number of oxazole rings is 1. The molecule has 0 aliphatic heterocycles. The van der Waals surface area contributed by atoms with Gasteiger partial charge < -0.3 is 4.42 Å². The van der Waals surface area contributed by atoms with E-state index in [1.807, 2.05) is 29.0 Å². The topological polar surface area (TPSA) is 60.9 Å². The Labute approximate surface area is 143 Å². The van der Waals surface area contributed by atoms with E-state index in [0.29, 0.717) is 22.2 Å². The van der Waals surface area contributed by atoms with Crippen LogP contribution in [-0.4, -0.2) is 14.5 Å². The second-order valence-corrected chi connectivity index (χ2v) is 7.59. The summed E-state index contributed by atoms with van der Waals surface area (Å²) in [4.78, 5) is 23.1. The summed E-state index contributed by atoms with van der Waals surface area (Å²) in [6.45, 7) is 0. The third-order valence-electron chi connectivity index (χ3n) is 3.30. The van der Waals surface area contributed by atoms with E-state index in [1.54, 1.807) is 29.2 Å². The van der Waals surface area contributed by atoms with Gasteiger partial charge in [0.15, 0.2) is 5.16 Å². The predicted octanol–water partition coefficient (Wildman–Crippen LogP) is 4.00. The zero-order chi connectivity index (χ0) is 15.8. The van der Waals surface area contributed by atoms with E-state index >= 15 is 0 Å². The lowest BCUT2D eigenvalue weighted by molar-refractivity contribution is 0.575. The number of hydrogen-bond donors (Lipinski definition) is 0. The van der Waals surface area contributed by atoms with Crippen molar-refractivity contribution >= 4 is 44.7 Å². The third-order valence-corrected chi connectivity index (χ3v) is 6.02. The molecule has 5 nitrogen and oxygen atoms in total. The minimum absolute atomic E-state index is 0.0156. The molecule has 23 heavy (non-hydrogen) atoms. The molecule has 4 aromatic rings. The number of thiophene rings is 2. The second-order valence-electron chi connectivity index (χ2n) is 4.81. The normalized spacial score (nSPS) is 11.3. The first-order valence-corrected chi connectivity index (χ1v) is 9.52. The molecule has 4 rings (SSSR count). The zero-order valence-electron chi connectivity index (χ0n) is 12.1. The van der Waals surface area contributed by atoms with Crippen LogP contribution in [0.25, 0.3) is 21.0 Å². The summed E-state index contributed by atoms with van der Waals surface area (Å²) in [7, 11) is 1.74. The SMILES string of the molecule is Cn1c(SCc2coc(-c3cccs3)n2)nc2sccc2c1=O. The highest BCUT2D eigenvalue weighted by Gasteiger charge is 2.12. The third kappa shape index (κ3) is 2.73. The molecule has 0 saturated heterocycles. The molecular weight excluding hydrogens is 350 g/mol. The van der Waals surface area contributed by atoms with E-state index in [4.69, 9.17) is 4.42 Å². The number of rotatable bonds is 4. The van der Waals surface area contributed by atoms with Crippen LogP contribution in [0.15, 0.2) is 49.6 Å². The molecule has 0 unspecified atom stereocenters. The summed E-state index contributed by atoms with van der Waals surface area (Å²) >= 11 is 4.55. The highest BCUT2D eigenvalue weighted by Crippen LogP contribution is 2.27. The quantitative estimate of drug-likeness (QED) is 0.406. The Morgan fingerprint density at radius 2 is 2.17 bits per heavy atom. The minimum atomic E-state index is -0.0156. The first-order valence-electron chi connectivity index (χ1n) is 6.77. The smallest absolute Gasteiger partial charge is 0.262 e. The standard InChI is InChI=1S/C15H11N3O2S3/c1-18-14(19)10-4-6-22-13(10)17-15(18)23-8-9-7-20-12(16-9)11-3-2-5-21-11/h2-7H,8H2,1H3. The molecule has 0 saturated carbocycles. The van der Waals surface area contributed by atoms with Gasteiger partial charge in [0.05, 0.1) is 16.0 Å². The van der Waals surface area contributed by atoms with Crippen LogP contribution in [0.3, 0.4) is 0 Å². The van der Waals surface area contributed by atoms with Crippen molar-refractivity contribution in [2.45, 2.75) is 10.9 Å². The van der Waals surface area contributed by atoms with Gasteiger partial charge in [-0.25, -0.2) is 9.97 Å². The number of thioether (sulfide) groups is 1. The van der Waals surface area contributed by atoms with Crippen LogP contribution < -0.4 is 5.56 Å². The monoisotopic (exact) mass is 361 g/mol. The van der Waals surface area contributed by atoms with Crippen molar-refractivity contribution in [2.24, 2.45) is 7.05 Å². The highest BCUT2D eigenvalue weighted by atomic mass is 32.2. The van der Waals surface area contributed by atoms with Crippen LogP contribution in [0.2, 0.25) is 0 Å². The average Bonchev–Trinajstić information content (AvgIpc) is 3.29. The van der Waals surface area contributed by atoms with Crippen LogP contribution in [0.1, 0.15) is 5.69 Å². The van der Waals surface area contributed by atoms with Gasteiger partial charge in [-0.3, -0.25) is 9.36 Å². The van der Waals surface area contributed by atoms with E-state index in [2.05, 4.69) is 9.97 Å². The molecule has 4 heterocycles. The fourth-order valence-corrected chi connectivity index (χ4v) is 4.44. The molecule has 0 radical (unpaired) electrons. The average molecular weight is 361 g/mol. The van der Waals surface area contributed by atoms with Crippen molar-refractivity contribution in [3.63, 3.8) is 0 Å². The number of aromatic nitrogens is 3. The summed E-state index contributed by atoms with van der Waals surface area (Å²) in [5.74, 6) is 1.23. The molecule has 0 aliphatic rings. The van der Waals surface area contributed by atoms with Gasteiger partial charge in [0.25, 0.3) is 5.56 Å². The predicted molar refractivity (Wildman–Crippen MR) is 94.2 cm³/mol. The highest BCUT2D eigenvalue weighted by molar-refractivity contribution is 7.98. The maximum Gasteiger partial charge on any atom is 0.262 e. The zero-order valence-corrected chi connectivity index (χ0v) is 14.5. The van der Waals surface area contributed by atoms with Crippen LogP contribution >= 0.6 is 34.4 Å². The summed E-state index contributed by atoms with van der Waals surface area (Å²) < 4.78 is 7.09. The Hall–Kier alpha value is -1.90. The van der Waals surface area contributed by atoms with Crippen molar-refractivity contribution in [3.05, 3.63) is 51.3 Å². The molecular formula is C15H11N3O2S3. The lowest BCUT2D eigenvalue weighted by Gasteiger charge is -2.05. The maximum absolute atomic E-state index is 12.3. The van der Waals surface area contributed by atoms with Gasteiger partial charge in [0.1, 0.15) is 11.1 Å². The number of nitrogens with zero attached hydrogens (tertiary/aromatic N) is 3. The molecule has 0 N–H and O–H groups in total. The largest absolute Gasteiger partial charge is 0.444 e. The Bertz CT molecular complexity index is 1010. The van der Waals surface area contributed by atoms with E-state index in [0.717, 1.165) is 15.4 Å². The van der Waals surface area contributed by atoms with E-state index in [9.17, 15) is 4.79 Å². The summed E-state index contributed by atoms with van der Waals surface area (Å²) in [5.41, 5.74) is 0.817.